The number of hydrogen-bond acceptors (Lipinski definition) is 3. The third-order valence-corrected chi connectivity index (χ3v) is 3.84. The average Bonchev–Trinajstić information content (AvgIpc) is 2.93. The number of H-pyrrole nitrogens is 1. The van der Waals surface area contributed by atoms with Crippen LogP contribution in [0, 0.1) is 0 Å². The SMILES string of the molecule is COc1cc(CCN2CCNCC2)cc2[nH]ccc12. The van der Waals surface area contributed by atoms with Crippen molar-refractivity contribution in [3.63, 3.8) is 0 Å². The van der Waals surface area contributed by atoms with E-state index in [2.05, 4.69) is 33.4 Å². The van der Waals surface area contributed by atoms with Gasteiger partial charge in [-0.3, -0.25) is 0 Å². The van der Waals surface area contributed by atoms with E-state index in [0.29, 0.717) is 0 Å². The topological polar surface area (TPSA) is 40.3 Å². The van der Waals surface area contributed by atoms with Crippen molar-refractivity contribution in [3.8, 4) is 5.75 Å². The van der Waals surface area contributed by atoms with Gasteiger partial charge in [-0.15, -0.1) is 0 Å². The molecule has 2 heterocycles. The Hall–Kier alpha value is -1.52. The molecule has 1 saturated heterocycles. The number of nitrogens with one attached hydrogen (secondary N) is 2. The van der Waals surface area contributed by atoms with E-state index < -0.39 is 0 Å². The number of rotatable bonds is 4. The van der Waals surface area contributed by atoms with Crippen molar-refractivity contribution in [2.24, 2.45) is 0 Å². The predicted molar refractivity (Wildman–Crippen MR) is 77.9 cm³/mol. The van der Waals surface area contributed by atoms with Crippen LogP contribution in [0.5, 0.6) is 5.75 Å². The fraction of sp³-hybridized carbons (Fsp3) is 0.467. The van der Waals surface area contributed by atoms with Crippen LogP contribution in [0.1, 0.15) is 5.56 Å². The molecule has 0 amide bonds. The molecule has 2 aromatic rings. The maximum Gasteiger partial charge on any atom is 0.128 e. The van der Waals surface area contributed by atoms with Crippen LogP contribution in [0.4, 0.5) is 0 Å². The molecular weight excluding hydrogens is 238 g/mol. The molecule has 0 saturated carbocycles. The Kier molecular flexibility index (Phi) is 3.71. The monoisotopic (exact) mass is 259 g/mol. The molecule has 4 nitrogen and oxygen atoms in total. The third-order valence-electron chi connectivity index (χ3n) is 3.84. The minimum atomic E-state index is 0.967. The van der Waals surface area contributed by atoms with Gasteiger partial charge in [-0.1, -0.05) is 0 Å². The summed E-state index contributed by atoms with van der Waals surface area (Å²) >= 11 is 0. The molecule has 2 N–H and O–H groups in total. The van der Waals surface area contributed by atoms with E-state index in [-0.39, 0.29) is 0 Å². The molecule has 19 heavy (non-hydrogen) atoms. The molecule has 1 aromatic carbocycles. The number of aromatic nitrogens is 1. The van der Waals surface area contributed by atoms with E-state index in [4.69, 9.17) is 4.74 Å². The molecule has 1 fully saturated rings. The minimum absolute atomic E-state index is 0.967. The lowest BCUT2D eigenvalue weighted by Gasteiger charge is -2.27. The highest BCUT2D eigenvalue weighted by atomic mass is 16.5. The van der Waals surface area contributed by atoms with Crippen LogP contribution in [0.3, 0.4) is 0 Å². The third kappa shape index (κ3) is 2.74. The van der Waals surface area contributed by atoms with Crippen LogP contribution >= 0.6 is 0 Å². The van der Waals surface area contributed by atoms with Gasteiger partial charge in [0.1, 0.15) is 5.75 Å². The quantitative estimate of drug-likeness (QED) is 0.876. The first kappa shape index (κ1) is 12.5. The van der Waals surface area contributed by atoms with Crippen LogP contribution in [0.15, 0.2) is 24.4 Å². The summed E-state index contributed by atoms with van der Waals surface area (Å²) in [5, 5.41) is 4.55. The molecule has 0 atom stereocenters. The fourth-order valence-corrected chi connectivity index (χ4v) is 2.72. The van der Waals surface area contributed by atoms with Crippen molar-refractivity contribution in [1.82, 2.24) is 15.2 Å². The fourth-order valence-electron chi connectivity index (χ4n) is 2.72. The summed E-state index contributed by atoms with van der Waals surface area (Å²) in [4.78, 5) is 5.78. The van der Waals surface area contributed by atoms with E-state index in [9.17, 15) is 0 Å². The Balaban J connectivity index is 1.73. The van der Waals surface area contributed by atoms with Gasteiger partial charge in [0.05, 0.1) is 7.11 Å². The first-order valence-corrected chi connectivity index (χ1v) is 6.94. The maximum atomic E-state index is 5.47. The van der Waals surface area contributed by atoms with Gasteiger partial charge < -0.3 is 19.9 Å². The zero-order chi connectivity index (χ0) is 13.1. The van der Waals surface area contributed by atoms with Gasteiger partial charge in [-0.05, 0) is 30.2 Å². The van der Waals surface area contributed by atoms with Crippen LogP contribution in [0.2, 0.25) is 0 Å². The Labute approximate surface area is 113 Å². The number of methoxy groups -OCH3 is 1. The standard InChI is InChI=1S/C15H21N3O/c1-19-15-11-12(10-14-13(15)2-4-17-14)3-7-18-8-5-16-6-9-18/h2,4,10-11,16-17H,3,5-9H2,1H3. The summed E-state index contributed by atoms with van der Waals surface area (Å²) in [7, 11) is 1.74. The van der Waals surface area contributed by atoms with Crippen molar-refractivity contribution in [1.29, 1.82) is 0 Å². The van der Waals surface area contributed by atoms with Crippen molar-refractivity contribution >= 4 is 10.9 Å². The van der Waals surface area contributed by atoms with Crippen molar-refractivity contribution in [2.75, 3.05) is 39.8 Å². The van der Waals surface area contributed by atoms with E-state index in [1.54, 1.807) is 7.11 Å². The molecule has 4 heteroatoms. The number of hydrogen-bond donors (Lipinski definition) is 2. The Bertz CT molecular complexity index is 543. The summed E-state index contributed by atoms with van der Waals surface area (Å²) in [6.07, 6.45) is 3.04. The summed E-state index contributed by atoms with van der Waals surface area (Å²) in [5.41, 5.74) is 2.50. The van der Waals surface area contributed by atoms with Gasteiger partial charge >= 0.3 is 0 Å². The zero-order valence-electron chi connectivity index (χ0n) is 11.4. The van der Waals surface area contributed by atoms with Gasteiger partial charge in [0.2, 0.25) is 0 Å². The van der Waals surface area contributed by atoms with Crippen molar-refractivity contribution in [2.45, 2.75) is 6.42 Å². The van der Waals surface area contributed by atoms with E-state index in [1.165, 1.54) is 5.56 Å². The highest BCUT2D eigenvalue weighted by molar-refractivity contribution is 5.86. The molecule has 1 aliphatic heterocycles. The maximum absolute atomic E-state index is 5.47. The lowest BCUT2D eigenvalue weighted by molar-refractivity contribution is 0.244. The molecule has 0 aliphatic carbocycles. The van der Waals surface area contributed by atoms with Gasteiger partial charge in [0, 0.05) is 49.8 Å². The molecule has 3 rings (SSSR count). The lowest BCUT2D eigenvalue weighted by Crippen LogP contribution is -2.44. The van der Waals surface area contributed by atoms with E-state index in [0.717, 1.165) is 55.8 Å². The first-order valence-electron chi connectivity index (χ1n) is 6.94. The number of benzene rings is 1. The number of fused-ring (bicyclic) bond motifs is 1. The number of nitrogens with zero attached hydrogens (tertiary/aromatic N) is 1. The number of piperazine rings is 1. The first-order chi connectivity index (χ1) is 9.36. The molecule has 0 unspecified atom stereocenters. The normalized spacial score (nSPS) is 16.9. The van der Waals surface area contributed by atoms with Crippen molar-refractivity contribution in [3.05, 3.63) is 30.0 Å². The predicted octanol–water partition coefficient (Wildman–Crippen LogP) is 1.62. The molecular formula is C15H21N3O. The highest BCUT2D eigenvalue weighted by Gasteiger charge is 2.10. The van der Waals surface area contributed by atoms with Crippen LogP contribution in [-0.4, -0.2) is 49.7 Å². The van der Waals surface area contributed by atoms with Crippen LogP contribution < -0.4 is 10.1 Å². The summed E-state index contributed by atoms with van der Waals surface area (Å²) in [6, 6.07) is 6.46. The Morgan fingerprint density at radius 1 is 1.26 bits per heavy atom. The average molecular weight is 259 g/mol. The smallest absolute Gasteiger partial charge is 0.128 e. The molecule has 102 valence electrons. The van der Waals surface area contributed by atoms with E-state index in [1.807, 2.05) is 6.20 Å². The zero-order valence-corrected chi connectivity index (χ0v) is 11.4. The lowest BCUT2D eigenvalue weighted by atomic mass is 10.1. The van der Waals surface area contributed by atoms with Gasteiger partial charge in [-0.25, -0.2) is 0 Å². The van der Waals surface area contributed by atoms with Crippen LogP contribution in [-0.2, 0) is 6.42 Å². The second-order valence-corrected chi connectivity index (χ2v) is 5.08. The highest BCUT2D eigenvalue weighted by Crippen LogP contribution is 2.26. The second-order valence-electron chi connectivity index (χ2n) is 5.08. The number of aromatic amines is 1. The number of ether oxygens (including phenoxy) is 1. The van der Waals surface area contributed by atoms with Crippen molar-refractivity contribution < 1.29 is 4.74 Å². The molecule has 0 spiro atoms. The second kappa shape index (κ2) is 5.63. The van der Waals surface area contributed by atoms with Gasteiger partial charge in [0.25, 0.3) is 0 Å². The molecule has 0 bridgehead atoms. The molecule has 1 aromatic heterocycles. The largest absolute Gasteiger partial charge is 0.496 e. The van der Waals surface area contributed by atoms with E-state index >= 15 is 0 Å². The Morgan fingerprint density at radius 2 is 2.11 bits per heavy atom. The molecule has 1 aliphatic rings. The van der Waals surface area contributed by atoms with Gasteiger partial charge in [0.15, 0.2) is 0 Å². The molecule has 0 radical (unpaired) electrons. The van der Waals surface area contributed by atoms with Gasteiger partial charge in [-0.2, -0.15) is 0 Å². The van der Waals surface area contributed by atoms with Crippen LogP contribution in [0.25, 0.3) is 10.9 Å². The summed E-state index contributed by atoms with van der Waals surface area (Å²) in [6.45, 7) is 5.65. The Morgan fingerprint density at radius 3 is 2.89 bits per heavy atom. The summed E-state index contributed by atoms with van der Waals surface area (Å²) < 4.78 is 5.47. The summed E-state index contributed by atoms with van der Waals surface area (Å²) in [5.74, 6) is 0.967. The minimum Gasteiger partial charge on any atom is -0.496 e.